The van der Waals surface area contributed by atoms with Crippen LogP contribution >= 0.6 is 0 Å². The molecule has 8 aromatic carbocycles. The van der Waals surface area contributed by atoms with Crippen molar-refractivity contribution in [3.63, 3.8) is 0 Å². The zero-order chi connectivity index (χ0) is 65.8. The van der Waals surface area contributed by atoms with Crippen LogP contribution in [-0.2, 0) is 0 Å². The third-order valence-electron chi connectivity index (χ3n) is 19.2. The minimum atomic E-state index is 0.572. The molecule has 0 atom stereocenters. The number of benzene rings is 8. The molecule has 0 aliphatic heterocycles. The Morgan fingerprint density at radius 2 is 0.610 bits per heavy atom. The largest absolute Gasteiger partial charge is 0.328 e. The molecule has 14 heteroatoms. The van der Waals surface area contributed by atoms with Crippen LogP contribution in [0.15, 0.2) is 323 Å². The minimum absolute atomic E-state index is 0.572. The van der Waals surface area contributed by atoms with Gasteiger partial charge in [-0.05, 0) is 89.9 Å². The van der Waals surface area contributed by atoms with Crippen molar-refractivity contribution in [2.45, 2.75) is 0 Å². The Kier molecular flexibility index (Phi) is 12.9. The molecule has 0 N–H and O–H groups in total. The summed E-state index contributed by atoms with van der Waals surface area (Å²) >= 11 is 0. The molecule has 0 amide bonds. The van der Waals surface area contributed by atoms with Gasteiger partial charge in [0.25, 0.3) is 0 Å². The lowest BCUT2D eigenvalue weighted by atomic mass is 10.0. The van der Waals surface area contributed by atoms with Gasteiger partial charge in [0.05, 0.1) is 91.7 Å². The fourth-order valence-electron chi connectivity index (χ4n) is 14.7. The van der Waals surface area contributed by atoms with Crippen molar-refractivity contribution in [2.24, 2.45) is 0 Å². The van der Waals surface area contributed by atoms with Crippen molar-refractivity contribution in [3.05, 3.63) is 323 Å². The van der Waals surface area contributed by atoms with Gasteiger partial charge in [-0.3, -0.25) is 19.9 Å². The highest BCUT2D eigenvalue weighted by molar-refractivity contribution is 6.12. The molecule has 0 bridgehead atoms. The highest BCUT2D eigenvalue weighted by Gasteiger charge is 2.25. The Morgan fingerprint density at radius 1 is 0.240 bits per heavy atom. The van der Waals surface area contributed by atoms with Crippen LogP contribution in [-0.4, -0.2) is 63.1 Å². The lowest BCUT2D eigenvalue weighted by molar-refractivity contribution is -0.598. The zero-order valence-corrected chi connectivity index (χ0v) is 53.4. The summed E-state index contributed by atoms with van der Waals surface area (Å²) in [6.45, 7) is 0. The summed E-state index contributed by atoms with van der Waals surface area (Å²) < 4.78 is 11.4. The average molecular weight is 1280 g/mol. The van der Waals surface area contributed by atoms with Crippen molar-refractivity contribution in [3.8, 4) is 96.4 Å². The quantitative estimate of drug-likeness (QED) is 0.116. The third kappa shape index (κ3) is 9.26. The number of rotatable bonds is 11. The second-order valence-corrected chi connectivity index (χ2v) is 25.0. The summed E-state index contributed by atoms with van der Waals surface area (Å²) in [5.74, 6) is 1.96. The molecule has 0 fully saturated rings. The predicted octanol–water partition coefficient (Wildman–Crippen LogP) is 18.9. The molecule has 0 spiro atoms. The number of hydrogen-bond acceptors (Lipinski definition) is 9. The predicted molar refractivity (Wildman–Crippen MR) is 398 cm³/mol. The molecule has 0 aliphatic carbocycles. The van der Waals surface area contributed by atoms with E-state index in [0.717, 1.165) is 172 Å². The van der Waals surface area contributed by atoms with E-state index in [2.05, 4.69) is 244 Å². The molecule has 14 nitrogen and oxygen atoms in total. The molecule has 20 rings (SSSR count). The lowest BCUT2D eigenvalue weighted by Gasteiger charge is -2.16. The highest BCUT2D eigenvalue weighted by atomic mass is 15.1. The fourth-order valence-corrected chi connectivity index (χ4v) is 14.7. The number of aromatic nitrogens is 14. The lowest BCUT2D eigenvalue weighted by Crippen LogP contribution is -2.30. The first kappa shape index (κ1) is 56.4. The molecular formula is C86H53N14+. The first-order valence-corrected chi connectivity index (χ1v) is 33.1. The summed E-state index contributed by atoms with van der Waals surface area (Å²) in [6, 6.07) is 88.7. The van der Waals surface area contributed by atoms with E-state index in [1.807, 2.05) is 116 Å². The summed E-state index contributed by atoms with van der Waals surface area (Å²) in [6.07, 6.45) is 21.5. The maximum absolute atomic E-state index is 5.41. The van der Waals surface area contributed by atoms with E-state index in [1.165, 1.54) is 0 Å². The zero-order valence-electron chi connectivity index (χ0n) is 53.4. The van der Waals surface area contributed by atoms with Gasteiger partial charge in [0, 0.05) is 142 Å². The Labute approximate surface area is 571 Å². The maximum Gasteiger partial charge on any atom is 0.328 e. The van der Waals surface area contributed by atoms with Crippen LogP contribution < -0.4 is 4.57 Å². The molecule has 12 heterocycles. The molecule has 12 aromatic heterocycles. The molecule has 0 aliphatic rings. The second kappa shape index (κ2) is 22.9. The second-order valence-electron chi connectivity index (χ2n) is 25.0. The van der Waals surface area contributed by atoms with E-state index < -0.39 is 0 Å². The van der Waals surface area contributed by atoms with Gasteiger partial charge in [-0.25, -0.2) is 24.5 Å². The number of hydrogen-bond donors (Lipinski definition) is 0. The van der Waals surface area contributed by atoms with E-state index in [4.69, 9.17) is 29.9 Å². The third-order valence-corrected chi connectivity index (χ3v) is 19.2. The van der Waals surface area contributed by atoms with Crippen LogP contribution in [0.5, 0.6) is 0 Å². The minimum Gasteiger partial charge on any atom is -0.309 e. The first-order chi connectivity index (χ1) is 49.6. The van der Waals surface area contributed by atoms with Crippen LogP contribution in [0.4, 0.5) is 0 Å². The maximum atomic E-state index is 5.41. The van der Waals surface area contributed by atoms with E-state index >= 15 is 0 Å². The van der Waals surface area contributed by atoms with Crippen molar-refractivity contribution < 1.29 is 4.57 Å². The van der Waals surface area contributed by atoms with Gasteiger partial charge >= 0.3 is 5.82 Å². The monoisotopic (exact) mass is 1280 g/mol. The number of para-hydroxylation sites is 2. The van der Waals surface area contributed by atoms with Crippen LogP contribution in [0.1, 0.15) is 0 Å². The van der Waals surface area contributed by atoms with Crippen molar-refractivity contribution in [1.82, 2.24) is 63.1 Å². The van der Waals surface area contributed by atoms with E-state index in [-0.39, 0.29) is 0 Å². The van der Waals surface area contributed by atoms with E-state index in [9.17, 15) is 0 Å². The van der Waals surface area contributed by atoms with Gasteiger partial charge in [0.1, 0.15) is 6.20 Å². The molecule has 0 radical (unpaired) electrons. The fraction of sp³-hybridized carbons (Fsp3) is 0. The number of nitrogens with zero attached hydrogens (tertiary/aromatic N) is 14. The van der Waals surface area contributed by atoms with Crippen molar-refractivity contribution in [2.75, 3.05) is 0 Å². The summed E-state index contributed by atoms with van der Waals surface area (Å²) in [5, 5.41) is 8.49. The molecule has 0 saturated carbocycles. The SMILES string of the molecule is c1ccc(-c2cc(-c3cc(-n4c5ccccc5c5cnccc54)cc(-n4c5ccccc5c5c[n+](-c6cc7c8ccncc8n(-c8cc(-c9nc(-c%10ccccc%10)cc(-c%10ccccc%10)n9)cc(-n9c%10cnccc%10c%10ccncc%109)c8)c7cn6)ccc54)c3)nc(-c3ccccc3)n2)cc1. The van der Waals surface area contributed by atoms with E-state index in [1.54, 1.807) is 0 Å². The van der Waals surface area contributed by atoms with Gasteiger partial charge in [0.15, 0.2) is 17.8 Å². The molecule has 0 saturated heterocycles. The van der Waals surface area contributed by atoms with Crippen molar-refractivity contribution >= 4 is 87.2 Å². The summed E-state index contributed by atoms with van der Waals surface area (Å²) in [7, 11) is 0. The standard InChI is InChI=1S/C86H53N14/c1-5-17-54(18-6-1)72-46-73(55-19-7-2-8-20-55)94-86(93-72)59-41-62(99-80-49-88-34-29-66(80)67-30-35-89-50-81(67)99)44-63(42-59)100-82-51-90-36-31-68(82)69-45-84(91-52-83(69)100)96-38-33-79-71(53-96)65-26-14-16-28-77(65)98(79)61-40-58(39-60(43-61)97-76-27-15-13-25-64(76)70-48-87-37-32-78(70)97)75-47-74(56-21-9-3-10-22-56)92-85(95-75)57-23-11-4-12-24-57/h1-53H/q+1. The number of pyridine rings is 6. The van der Waals surface area contributed by atoms with Crippen LogP contribution in [0.3, 0.4) is 0 Å². The van der Waals surface area contributed by atoms with Crippen LogP contribution in [0.2, 0.25) is 0 Å². The Balaban J connectivity index is 0.771. The topological polar surface area (TPSA) is 140 Å². The highest BCUT2D eigenvalue weighted by Crippen LogP contribution is 2.42. The molecule has 466 valence electrons. The summed E-state index contributed by atoms with van der Waals surface area (Å²) in [4.78, 5) is 45.5. The van der Waals surface area contributed by atoms with Crippen LogP contribution in [0, 0.1) is 0 Å². The van der Waals surface area contributed by atoms with E-state index in [0.29, 0.717) is 11.6 Å². The molecule has 100 heavy (non-hydrogen) atoms. The summed E-state index contributed by atoms with van der Waals surface area (Å²) in [5.41, 5.74) is 20.5. The Morgan fingerprint density at radius 3 is 1.13 bits per heavy atom. The molecule has 20 aromatic rings. The van der Waals surface area contributed by atoms with Gasteiger partial charge in [0.2, 0.25) is 0 Å². The van der Waals surface area contributed by atoms with Gasteiger partial charge in [-0.2, -0.15) is 0 Å². The smallest absolute Gasteiger partial charge is 0.309 e. The Hall–Kier alpha value is -14.0. The molecule has 0 unspecified atom stereocenters. The molecular weight excluding hydrogens is 1230 g/mol. The number of fused-ring (bicyclic) bond motifs is 12. The van der Waals surface area contributed by atoms with Gasteiger partial charge < -0.3 is 18.3 Å². The normalized spacial score (nSPS) is 11.8. The van der Waals surface area contributed by atoms with Gasteiger partial charge in [-0.1, -0.05) is 158 Å². The Bertz CT molecular complexity index is 6030. The van der Waals surface area contributed by atoms with Crippen molar-refractivity contribution in [1.29, 1.82) is 0 Å². The average Bonchev–Trinajstić information content (AvgIpc) is 1.59. The van der Waals surface area contributed by atoms with Crippen LogP contribution in [0.25, 0.3) is 184 Å². The first-order valence-electron chi connectivity index (χ1n) is 33.1. The van der Waals surface area contributed by atoms with Gasteiger partial charge in [-0.15, -0.1) is 0 Å².